The van der Waals surface area contributed by atoms with Gasteiger partial charge in [-0.25, -0.2) is 9.97 Å². The van der Waals surface area contributed by atoms with Crippen LogP contribution in [0.25, 0.3) is 0 Å². The molecular formula is C10H8BrClN4. The van der Waals surface area contributed by atoms with Crippen LogP contribution in [0.4, 0.5) is 17.3 Å². The minimum Gasteiger partial charge on any atom is -0.399 e. The predicted octanol–water partition coefficient (Wildman–Crippen LogP) is 3.22. The van der Waals surface area contributed by atoms with Crippen LogP contribution in [0.2, 0.25) is 5.02 Å². The molecule has 1 aromatic heterocycles. The third-order valence-electron chi connectivity index (χ3n) is 1.86. The third kappa shape index (κ3) is 2.62. The van der Waals surface area contributed by atoms with Crippen LogP contribution in [0, 0.1) is 0 Å². The van der Waals surface area contributed by atoms with Gasteiger partial charge in [0, 0.05) is 18.1 Å². The van der Waals surface area contributed by atoms with Crippen molar-refractivity contribution in [1.82, 2.24) is 9.97 Å². The highest BCUT2D eigenvalue weighted by Gasteiger charge is 2.02. The SMILES string of the molecule is Nc1ccc(Cl)c(Nc2ncc(Br)cn2)c1. The first-order valence-corrected chi connectivity index (χ1v) is 5.62. The summed E-state index contributed by atoms with van der Waals surface area (Å²) >= 11 is 9.25. The van der Waals surface area contributed by atoms with Crippen molar-refractivity contribution in [2.75, 3.05) is 11.1 Å². The Labute approximate surface area is 106 Å². The zero-order valence-electron chi connectivity index (χ0n) is 8.11. The molecule has 0 radical (unpaired) electrons. The molecule has 0 fully saturated rings. The molecule has 0 saturated carbocycles. The number of nitrogen functional groups attached to an aromatic ring is 1. The number of nitrogens with one attached hydrogen (secondary N) is 1. The van der Waals surface area contributed by atoms with E-state index in [1.165, 1.54) is 0 Å². The highest BCUT2D eigenvalue weighted by atomic mass is 79.9. The first kappa shape index (κ1) is 11.2. The van der Waals surface area contributed by atoms with Gasteiger partial charge in [-0.1, -0.05) is 11.6 Å². The van der Waals surface area contributed by atoms with Crippen LogP contribution in [0.15, 0.2) is 35.1 Å². The Kier molecular flexibility index (Phi) is 3.26. The topological polar surface area (TPSA) is 63.8 Å². The van der Waals surface area contributed by atoms with E-state index < -0.39 is 0 Å². The number of benzene rings is 1. The standard InChI is InChI=1S/C10H8BrClN4/c11-6-4-14-10(15-5-6)16-9-3-7(13)1-2-8(9)12/h1-5H,13H2,(H,14,15,16). The number of hydrogen-bond acceptors (Lipinski definition) is 4. The summed E-state index contributed by atoms with van der Waals surface area (Å²) in [4.78, 5) is 8.15. The maximum atomic E-state index is 5.99. The van der Waals surface area contributed by atoms with Crippen LogP contribution in [-0.2, 0) is 0 Å². The molecule has 0 spiro atoms. The fourth-order valence-corrected chi connectivity index (χ4v) is 1.51. The highest BCUT2D eigenvalue weighted by molar-refractivity contribution is 9.10. The largest absolute Gasteiger partial charge is 0.399 e. The zero-order chi connectivity index (χ0) is 11.5. The predicted molar refractivity (Wildman–Crippen MR) is 68.9 cm³/mol. The monoisotopic (exact) mass is 298 g/mol. The van der Waals surface area contributed by atoms with Gasteiger partial charge in [-0.05, 0) is 34.1 Å². The van der Waals surface area contributed by atoms with Gasteiger partial charge in [0.2, 0.25) is 5.95 Å². The molecule has 2 rings (SSSR count). The summed E-state index contributed by atoms with van der Waals surface area (Å²) in [6, 6.07) is 5.18. The Hall–Kier alpha value is -1.33. The number of halogens is 2. The van der Waals surface area contributed by atoms with Crippen LogP contribution in [0.5, 0.6) is 0 Å². The number of rotatable bonds is 2. The summed E-state index contributed by atoms with van der Waals surface area (Å²) in [6.07, 6.45) is 3.30. The lowest BCUT2D eigenvalue weighted by Gasteiger charge is -2.07. The molecule has 0 unspecified atom stereocenters. The van der Waals surface area contributed by atoms with E-state index in [0.717, 1.165) is 4.47 Å². The van der Waals surface area contributed by atoms with E-state index in [2.05, 4.69) is 31.2 Å². The van der Waals surface area contributed by atoms with Gasteiger partial charge in [0.25, 0.3) is 0 Å². The van der Waals surface area contributed by atoms with Crippen molar-refractivity contribution in [2.24, 2.45) is 0 Å². The van der Waals surface area contributed by atoms with E-state index in [0.29, 0.717) is 22.3 Å². The molecule has 1 heterocycles. The van der Waals surface area contributed by atoms with E-state index >= 15 is 0 Å². The molecule has 0 aliphatic rings. The number of anilines is 3. The molecule has 0 amide bonds. The van der Waals surface area contributed by atoms with E-state index in [1.54, 1.807) is 30.6 Å². The minimum absolute atomic E-state index is 0.468. The second-order valence-corrected chi connectivity index (χ2v) is 4.41. The Morgan fingerprint density at radius 1 is 1.25 bits per heavy atom. The second-order valence-electron chi connectivity index (χ2n) is 3.09. The Morgan fingerprint density at radius 3 is 2.62 bits per heavy atom. The molecule has 0 aliphatic carbocycles. The smallest absolute Gasteiger partial charge is 0.227 e. The van der Waals surface area contributed by atoms with Crippen LogP contribution >= 0.6 is 27.5 Å². The van der Waals surface area contributed by atoms with Crippen molar-refractivity contribution in [2.45, 2.75) is 0 Å². The lowest BCUT2D eigenvalue weighted by Crippen LogP contribution is -1.97. The number of nitrogens with two attached hydrogens (primary N) is 1. The summed E-state index contributed by atoms with van der Waals surface area (Å²) in [7, 11) is 0. The molecule has 2 aromatic rings. The van der Waals surface area contributed by atoms with Gasteiger partial charge in [0.1, 0.15) is 0 Å². The first-order chi connectivity index (χ1) is 7.65. The van der Waals surface area contributed by atoms with Crippen LogP contribution in [0.1, 0.15) is 0 Å². The van der Waals surface area contributed by atoms with Gasteiger partial charge in [-0.15, -0.1) is 0 Å². The molecule has 4 nitrogen and oxygen atoms in total. The Balaban J connectivity index is 2.26. The molecule has 0 bridgehead atoms. The third-order valence-corrected chi connectivity index (χ3v) is 2.60. The van der Waals surface area contributed by atoms with Crippen LogP contribution in [-0.4, -0.2) is 9.97 Å². The molecule has 3 N–H and O–H groups in total. The van der Waals surface area contributed by atoms with Gasteiger partial charge < -0.3 is 11.1 Å². The minimum atomic E-state index is 0.468. The highest BCUT2D eigenvalue weighted by Crippen LogP contribution is 2.26. The fraction of sp³-hybridized carbons (Fsp3) is 0. The molecule has 6 heteroatoms. The Bertz CT molecular complexity index is 501. The fourth-order valence-electron chi connectivity index (χ4n) is 1.14. The second kappa shape index (κ2) is 4.67. The molecular weight excluding hydrogens is 291 g/mol. The van der Waals surface area contributed by atoms with Crippen LogP contribution < -0.4 is 11.1 Å². The van der Waals surface area contributed by atoms with Crippen molar-refractivity contribution in [3.63, 3.8) is 0 Å². The van der Waals surface area contributed by atoms with Crippen molar-refractivity contribution in [3.8, 4) is 0 Å². The van der Waals surface area contributed by atoms with Crippen molar-refractivity contribution >= 4 is 44.9 Å². The van der Waals surface area contributed by atoms with E-state index in [1.807, 2.05) is 0 Å². The summed E-state index contributed by atoms with van der Waals surface area (Å²) in [5.74, 6) is 0.468. The van der Waals surface area contributed by atoms with Crippen molar-refractivity contribution in [3.05, 3.63) is 40.1 Å². The molecule has 0 aliphatic heterocycles. The Morgan fingerprint density at radius 2 is 1.94 bits per heavy atom. The average molecular weight is 300 g/mol. The van der Waals surface area contributed by atoms with Crippen LogP contribution in [0.3, 0.4) is 0 Å². The zero-order valence-corrected chi connectivity index (χ0v) is 10.5. The maximum Gasteiger partial charge on any atom is 0.227 e. The molecule has 1 aromatic carbocycles. The summed E-state index contributed by atoms with van der Waals surface area (Å²) in [5, 5.41) is 3.56. The van der Waals surface area contributed by atoms with E-state index in [-0.39, 0.29) is 0 Å². The van der Waals surface area contributed by atoms with Crippen molar-refractivity contribution in [1.29, 1.82) is 0 Å². The van der Waals surface area contributed by atoms with E-state index in [4.69, 9.17) is 17.3 Å². The molecule has 0 atom stereocenters. The van der Waals surface area contributed by atoms with E-state index in [9.17, 15) is 0 Å². The first-order valence-electron chi connectivity index (χ1n) is 4.45. The average Bonchev–Trinajstić information content (AvgIpc) is 2.27. The molecule has 82 valence electrons. The molecule has 0 saturated heterocycles. The van der Waals surface area contributed by atoms with Gasteiger partial charge in [-0.3, -0.25) is 0 Å². The lowest BCUT2D eigenvalue weighted by molar-refractivity contribution is 1.15. The number of aromatic nitrogens is 2. The number of hydrogen-bond donors (Lipinski definition) is 2. The molecule has 16 heavy (non-hydrogen) atoms. The van der Waals surface area contributed by atoms with Gasteiger partial charge in [0.15, 0.2) is 0 Å². The van der Waals surface area contributed by atoms with Gasteiger partial charge in [-0.2, -0.15) is 0 Å². The normalized spacial score (nSPS) is 10.1. The summed E-state index contributed by atoms with van der Waals surface area (Å²) in [5.41, 5.74) is 6.97. The summed E-state index contributed by atoms with van der Waals surface area (Å²) < 4.78 is 0.816. The summed E-state index contributed by atoms with van der Waals surface area (Å²) in [6.45, 7) is 0. The van der Waals surface area contributed by atoms with Gasteiger partial charge >= 0.3 is 0 Å². The quantitative estimate of drug-likeness (QED) is 0.836. The lowest BCUT2D eigenvalue weighted by atomic mass is 10.3. The number of nitrogens with zero attached hydrogens (tertiary/aromatic N) is 2. The van der Waals surface area contributed by atoms with Crippen molar-refractivity contribution < 1.29 is 0 Å². The van der Waals surface area contributed by atoms with Gasteiger partial charge in [0.05, 0.1) is 15.2 Å². The maximum absolute atomic E-state index is 5.99.